The Morgan fingerprint density at radius 3 is 2.00 bits per heavy atom. The summed E-state index contributed by atoms with van der Waals surface area (Å²) in [6, 6.07) is 30.5. The molecule has 0 spiro atoms. The average Bonchev–Trinajstić information content (AvgIpc) is 3.21. The fourth-order valence-electron chi connectivity index (χ4n) is 5.07. The zero-order valence-corrected chi connectivity index (χ0v) is 20.1. The second-order valence-electron chi connectivity index (χ2n) is 8.82. The Morgan fingerprint density at radius 2 is 1.47 bits per heavy atom. The minimum atomic E-state index is -0.912. The van der Waals surface area contributed by atoms with Gasteiger partial charge in [-0.15, -0.1) is 0 Å². The van der Waals surface area contributed by atoms with Crippen LogP contribution in [0.5, 0.6) is 0 Å². The number of hydrogen-bond acceptors (Lipinski definition) is 4. The molecule has 1 aliphatic heterocycles. The van der Waals surface area contributed by atoms with E-state index < -0.39 is 11.3 Å². The minimum absolute atomic E-state index is 0.106. The van der Waals surface area contributed by atoms with Crippen LogP contribution in [0.25, 0.3) is 0 Å². The third-order valence-corrected chi connectivity index (χ3v) is 9.08. The first-order chi connectivity index (χ1) is 15.5. The van der Waals surface area contributed by atoms with E-state index in [4.69, 9.17) is 5.41 Å². The van der Waals surface area contributed by atoms with E-state index in [1.807, 2.05) is 88.3 Å². The lowest BCUT2D eigenvalue weighted by Gasteiger charge is -2.43. The summed E-state index contributed by atoms with van der Waals surface area (Å²) in [5.41, 5.74) is 0.974. The summed E-state index contributed by atoms with van der Waals surface area (Å²) in [5.74, 6) is 0.665. The van der Waals surface area contributed by atoms with Crippen LogP contribution in [0.3, 0.4) is 0 Å². The van der Waals surface area contributed by atoms with E-state index in [0.717, 1.165) is 47.4 Å². The number of nitrogens with zero attached hydrogens (tertiary/aromatic N) is 1. The largest absolute Gasteiger partial charge is 0.861 e. The summed E-state index contributed by atoms with van der Waals surface area (Å²) in [6.45, 7) is 3.01. The Hall–Kier alpha value is -2.21. The maximum atomic E-state index is 13.1. The van der Waals surface area contributed by atoms with Crippen LogP contribution in [-0.2, 0) is 5.41 Å². The third kappa shape index (κ3) is 4.75. The van der Waals surface area contributed by atoms with Crippen molar-refractivity contribution in [3.05, 3.63) is 102 Å². The SMILES string of the molecule is C[N+]1(CCSSc2ccccc2)CC[C@@H](C(C(=N)[O-])(c2ccccc2)c2ccccc2)C1. The Balaban J connectivity index is 1.54. The highest BCUT2D eigenvalue weighted by Gasteiger charge is 2.49. The molecule has 3 aromatic rings. The van der Waals surface area contributed by atoms with Crippen LogP contribution in [0.4, 0.5) is 0 Å². The smallest absolute Gasteiger partial charge is 0.0885 e. The van der Waals surface area contributed by atoms with Gasteiger partial charge in [0.1, 0.15) is 0 Å². The highest BCUT2D eigenvalue weighted by Crippen LogP contribution is 2.45. The first-order valence-corrected chi connectivity index (χ1v) is 13.4. The van der Waals surface area contributed by atoms with Gasteiger partial charge in [-0.05, 0) is 29.2 Å². The Bertz CT molecular complexity index is 974. The fraction of sp³-hybridized carbons (Fsp3) is 0.296. The highest BCUT2D eigenvalue weighted by atomic mass is 33.1. The van der Waals surface area contributed by atoms with Crippen LogP contribution in [-0.4, -0.2) is 42.8 Å². The Morgan fingerprint density at radius 1 is 0.938 bits per heavy atom. The van der Waals surface area contributed by atoms with E-state index in [1.165, 1.54) is 4.90 Å². The summed E-state index contributed by atoms with van der Waals surface area (Å²) in [4.78, 5) is 1.28. The number of rotatable bonds is 9. The van der Waals surface area contributed by atoms with E-state index in [1.54, 1.807) is 0 Å². The summed E-state index contributed by atoms with van der Waals surface area (Å²) in [6.07, 6.45) is 0.946. The first-order valence-electron chi connectivity index (χ1n) is 11.1. The summed E-state index contributed by atoms with van der Waals surface area (Å²) >= 11 is 0. The summed E-state index contributed by atoms with van der Waals surface area (Å²) in [5, 5.41) is 21.6. The van der Waals surface area contributed by atoms with Gasteiger partial charge in [-0.25, -0.2) is 0 Å². The van der Waals surface area contributed by atoms with Gasteiger partial charge in [-0.3, -0.25) is 0 Å². The van der Waals surface area contributed by atoms with Gasteiger partial charge >= 0.3 is 0 Å². The van der Waals surface area contributed by atoms with Crippen molar-refractivity contribution in [2.24, 2.45) is 5.92 Å². The van der Waals surface area contributed by atoms with Gasteiger partial charge in [0, 0.05) is 17.2 Å². The van der Waals surface area contributed by atoms with Crippen LogP contribution in [0.1, 0.15) is 17.5 Å². The number of quaternary nitrogens is 1. The second kappa shape index (κ2) is 10.2. The lowest BCUT2D eigenvalue weighted by molar-refractivity contribution is -0.896. The molecule has 5 heteroatoms. The maximum Gasteiger partial charge on any atom is 0.0885 e. The number of hydrogen-bond donors (Lipinski definition) is 1. The zero-order chi connectivity index (χ0) is 22.4. The molecule has 0 radical (unpaired) electrons. The van der Waals surface area contributed by atoms with E-state index in [2.05, 4.69) is 31.3 Å². The van der Waals surface area contributed by atoms with E-state index in [-0.39, 0.29) is 5.92 Å². The van der Waals surface area contributed by atoms with Gasteiger partial charge in [-0.2, -0.15) is 0 Å². The molecule has 1 fully saturated rings. The van der Waals surface area contributed by atoms with E-state index in [9.17, 15) is 5.11 Å². The quantitative estimate of drug-likeness (QED) is 0.156. The predicted octanol–water partition coefficient (Wildman–Crippen LogP) is 5.22. The van der Waals surface area contributed by atoms with Gasteiger partial charge in [0.25, 0.3) is 0 Å². The number of nitrogens with one attached hydrogen (secondary N) is 1. The molecule has 2 atom stereocenters. The molecule has 32 heavy (non-hydrogen) atoms. The lowest BCUT2D eigenvalue weighted by Crippen LogP contribution is -2.52. The third-order valence-electron chi connectivity index (χ3n) is 6.72. The lowest BCUT2D eigenvalue weighted by atomic mass is 9.65. The fourth-order valence-corrected chi connectivity index (χ4v) is 7.29. The highest BCUT2D eigenvalue weighted by molar-refractivity contribution is 8.76. The topological polar surface area (TPSA) is 46.9 Å². The molecule has 1 N–H and O–H groups in total. The van der Waals surface area contributed by atoms with Gasteiger partial charge in [-0.1, -0.05) is 100 Å². The molecule has 166 valence electrons. The Labute approximate surface area is 199 Å². The van der Waals surface area contributed by atoms with Crippen molar-refractivity contribution < 1.29 is 9.59 Å². The van der Waals surface area contributed by atoms with Gasteiger partial charge < -0.3 is 15.0 Å². The molecule has 1 saturated heterocycles. The predicted molar refractivity (Wildman–Crippen MR) is 135 cm³/mol. The summed E-state index contributed by atoms with van der Waals surface area (Å²) in [7, 11) is 6.04. The normalized spacial score (nSPS) is 20.8. The van der Waals surface area contributed by atoms with E-state index >= 15 is 0 Å². The monoisotopic (exact) mass is 462 g/mol. The molecule has 0 bridgehead atoms. The molecule has 0 saturated carbocycles. The Kier molecular flexibility index (Phi) is 7.29. The van der Waals surface area contributed by atoms with Crippen LogP contribution >= 0.6 is 21.6 Å². The maximum absolute atomic E-state index is 13.1. The number of benzene rings is 3. The molecular formula is C27H30N2OS2. The summed E-state index contributed by atoms with van der Waals surface area (Å²) < 4.78 is 0.946. The van der Waals surface area contributed by atoms with Crippen LogP contribution in [0.2, 0.25) is 0 Å². The van der Waals surface area contributed by atoms with Crippen LogP contribution < -0.4 is 5.11 Å². The molecule has 3 nitrogen and oxygen atoms in total. The molecule has 4 rings (SSSR count). The first kappa shape index (κ1) is 23.0. The molecule has 3 aromatic carbocycles. The molecule has 0 aromatic heterocycles. The average molecular weight is 463 g/mol. The minimum Gasteiger partial charge on any atom is -0.861 e. The van der Waals surface area contributed by atoms with Crippen molar-refractivity contribution in [3.8, 4) is 0 Å². The van der Waals surface area contributed by atoms with Gasteiger partial charge in [0.2, 0.25) is 0 Å². The standard InChI is InChI=1S/C27H30N2OS2/c1-29(19-20-31-32-25-15-9-4-10-16-25)18-17-24(21-29)27(26(28)30,22-11-5-2-6-12-22)23-13-7-3-8-14-23/h2-16,24H,17-21H2,1H3,(H-,28,30)/t24-,29?/m1/s1. The second-order valence-corrected chi connectivity index (χ2v) is 11.3. The molecule has 0 aliphatic carbocycles. The van der Waals surface area contributed by atoms with Crippen LogP contribution in [0.15, 0.2) is 95.9 Å². The van der Waals surface area contributed by atoms with E-state index in [0.29, 0.717) is 0 Å². The van der Waals surface area contributed by atoms with Gasteiger partial charge in [0.05, 0.1) is 37.8 Å². The van der Waals surface area contributed by atoms with Crippen molar-refractivity contribution in [1.29, 1.82) is 5.41 Å². The zero-order valence-electron chi connectivity index (χ0n) is 18.4. The number of likely N-dealkylation sites (tertiary alicyclic amines) is 1. The van der Waals surface area contributed by atoms with Crippen molar-refractivity contribution >= 4 is 27.5 Å². The molecule has 1 unspecified atom stereocenters. The van der Waals surface area contributed by atoms with Gasteiger partial charge in [0.15, 0.2) is 0 Å². The van der Waals surface area contributed by atoms with Crippen LogP contribution in [0, 0.1) is 11.3 Å². The van der Waals surface area contributed by atoms with Crippen molar-refractivity contribution in [2.75, 3.05) is 32.4 Å². The van der Waals surface area contributed by atoms with Crippen molar-refractivity contribution in [3.63, 3.8) is 0 Å². The molecule has 1 aliphatic rings. The molecule has 0 amide bonds. The molecule has 1 heterocycles. The molecular weight excluding hydrogens is 432 g/mol. The van der Waals surface area contributed by atoms with Crippen molar-refractivity contribution in [1.82, 2.24) is 0 Å². The van der Waals surface area contributed by atoms with Crippen molar-refractivity contribution in [2.45, 2.75) is 16.7 Å².